The fourth-order valence-electron chi connectivity index (χ4n) is 1.92. The Bertz CT molecular complexity index is 704. The zero-order valence-corrected chi connectivity index (χ0v) is 14.2. The average molecular weight is 345 g/mol. The van der Waals surface area contributed by atoms with Gasteiger partial charge < -0.3 is 5.73 Å². The van der Waals surface area contributed by atoms with Crippen molar-refractivity contribution in [3.8, 4) is 0 Å². The van der Waals surface area contributed by atoms with E-state index < -0.39 is 10.0 Å². The quantitative estimate of drug-likeness (QED) is 0.844. The smallest absolute Gasteiger partial charge is 0.243 e. The molecule has 1 aromatic carbocycles. The number of halogens is 1. The van der Waals surface area contributed by atoms with Gasteiger partial charge in [0.15, 0.2) is 0 Å². The van der Waals surface area contributed by atoms with E-state index in [0.29, 0.717) is 29.4 Å². The molecule has 0 unspecified atom stereocenters. The van der Waals surface area contributed by atoms with E-state index in [1.165, 1.54) is 27.8 Å². The lowest BCUT2D eigenvalue weighted by atomic mass is 10.2. The van der Waals surface area contributed by atoms with E-state index in [-0.39, 0.29) is 4.90 Å². The van der Waals surface area contributed by atoms with E-state index in [2.05, 4.69) is 0 Å². The van der Waals surface area contributed by atoms with Gasteiger partial charge in [0, 0.05) is 28.7 Å². The third-order valence-electron chi connectivity index (χ3n) is 3.26. The maximum atomic E-state index is 12.7. The maximum Gasteiger partial charge on any atom is 0.243 e. The molecule has 2 rings (SSSR count). The SMILES string of the molecule is CCN(Cc1cccs1)S(=O)(=O)c1cc(N)c(C)c(Cl)c1. The van der Waals surface area contributed by atoms with Gasteiger partial charge >= 0.3 is 0 Å². The molecule has 0 spiro atoms. The van der Waals surface area contributed by atoms with Crippen molar-refractivity contribution in [3.63, 3.8) is 0 Å². The van der Waals surface area contributed by atoms with Crippen LogP contribution in [0.25, 0.3) is 0 Å². The van der Waals surface area contributed by atoms with Crippen molar-refractivity contribution in [2.45, 2.75) is 25.3 Å². The lowest BCUT2D eigenvalue weighted by Crippen LogP contribution is -2.30. The normalized spacial score (nSPS) is 12.0. The summed E-state index contributed by atoms with van der Waals surface area (Å²) in [6.45, 7) is 4.30. The molecule has 4 nitrogen and oxygen atoms in total. The topological polar surface area (TPSA) is 63.4 Å². The molecule has 2 N–H and O–H groups in total. The van der Waals surface area contributed by atoms with Gasteiger partial charge in [-0.15, -0.1) is 11.3 Å². The van der Waals surface area contributed by atoms with E-state index in [1.54, 1.807) is 6.92 Å². The van der Waals surface area contributed by atoms with Gasteiger partial charge in [-0.1, -0.05) is 24.6 Å². The Morgan fingerprint density at radius 1 is 1.38 bits per heavy atom. The number of hydrogen-bond donors (Lipinski definition) is 1. The van der Waals surface area contributed by atoms with Crippen LogP contribution < -0.4 is 5.73 Å². The van der Waals surface area contributed by atoms with Crippen LogP contribution >= 0.6 is 22.9 Å². The third-order valence-corrected chi connectivity index (χ3v) is 6.41. The van der Waals surface area contributed by atoms with Crippen molar-refractivity contribution in [2.24, 2.45) is 0 Å². The van der Waals surface area contributed by atoms with Gasteiger partial charge in [0.1, 0.15) is 0 Å². The molecule has 1 heterocycles. The van der Waals surface area contributed by atoms with Crippen LogP contribution in [0, 0.1) is 6.92 Å². The summed E-state index contributed by atoms with van der Waals surface area (Å²) in [4.78, 5) is 1.13. The summed E-state index contributed by atoms with van der Waals surface area (Å²) in [6.07, 6.45) is 0. The largest absolute Gasteiger partial charge is 0.398 e. The molecule has 0 fully saturated rings. The molecule has 114 valence electrons. The molecule has 1 aromatic heterocycles. The monoisotopic (exact) mass is 344 g/mol. The average Bonchev–Trinajstić information content (AvgIpc) is 2.94. The molecule has 7 heteroatoms. The maximum absolute atomic E-state index is 12.7. The van der Waals surface area contributed by atoms with Gasteiger partial charge in [0.05, 0.1) is 4.90 Å². The number of anilines is 1. The number of nitrogens with zero attached hydrogens (tertiary/aromatic N) is 1. The van der Waals surface area contributed by atoms with Crippen LogP contribution in [0.5, 0.6) is 0 Å². The number of nitrogens with two attached hydrogens (primary N) is 1. The highest BCUT2D eigenvalue weighted by Gasteiger charge is 2.24. The van der Waals surface area contributed by atoms with Crippen molar-refractivity contribution in [1.82, 2.24) is 4.31 Å². The molecule has 0 aliphatic carbocycles. The molecule has 0 amide bonds. The summed E-state index contributed by atoms with van der Waals surface area (Å²) in [5, 5.41) is 2.29. The van der Waals surface area contributed by atoms with Gasteiger partial charge in [0.2, 0.25) is 10.0 Å². The summed E-state index contributed by atoms with van der Waals surface area (Å²) in [7, 11) is -3.61. The molecular formula is C14H17ClN2O2S2. The van der Waals surface area contributed by atoms with E-state index in [0.717, 1.165) is 4.88 Å². The Labute approximate surface area is 134 Å². The number of rotatable bonds is 5. The van der Waals surface area contributed by atoms with Crippen molar-refractivity contribution in [3.05, 3.63) is 45.1 Å². The molecule has 0 aliphatic heterocycles. The molecule has 0 radical (unpaired) electrons. The number of hydrogen-bond acceptors (Lipinski definition) is 4. The summed E-state index contributed by atoms with van der Waals surface area (Å²) in [6, 6.07) is 6.74. The second kappa shape index (κ2) is 6.36. The first kappa shape index (κ1) is 16.3. The van der Waals surface area contributed by atoms with Gasteiger partial charge in [-0.05, 0) is 36.1 Å². The molecule has 0 bridgehead atoms. The molecule has 2 aromatic rings. The number of benzene rings is 1. The van der Waals surface area contributed by atoms with Crippen LogP contribution in [-0.2, 0) is 16.6 Å². The molecule has 0 atom stereocenters. The van der Waals surface area contributed by atoms with Crippen LogP contribution in [0.15, 0.2) is 34.5 Å². The van der Waals surface area contributed by atoms with Crippen LogP contribution in [0.2, 0.25) is 5.02 Å². The van der Waals surface area contributed by atoms with Gasteiger partial charge in [0.25, 0.3) is 0 Å². The van der Waals surface area contributed by atoms with Crippen molar-refractivity contribution < 1.29 is 8.42 Å². The number of sulfonamides is 1. The Balaban J connectivity index is 2.39. The first-order valence-corrected chi connectivity index (χ1v) is 9.14. The Morgan fingerprint density at radius 2 is 2.10 bits per heavy atom. The number of thiophene rings is 1. The summed E-state index contributed by atoms with van der Waals surface area (Å²) in [5.41, 5.74) is 6.90. The Morgan fingerprint density at radius 3 is 2.62 bits per heavy atom. The zero-order valence-electron chi connectivity index (χ0n) is 11.8. The van der Waals surface area contributed by atoms with Crippen LogP contribution in [0.1, 0.15) is 17.4 Å². The highest BCUT2D eigenvalue weighted by atomic mass is 35.5. The van der Waals surface area contributed by atoms with E-state index >= 15 is 0 Å². The van der Waals surface area contributed by atoms with Crippen LogP contribution in [0.3, 0.4) is 0 Å². The minimum Gasteiger partial charge on any atom is -0.398 e. The second-order valence-electron chi connectivity index (χ2n) is 4.63. The van der Waals surface area contributed by atoms with Gasteiger partial charge in [-0.25, -0.2) is 8.42 Å². The Hall–Kier alpha value is -1.08. The van der Waals surface area contributed by atoms with Crippen molar-refractivity contribution >= 4 is 38.6 Å². The van der Waals surface area contributed by atoms with E-state index in [9.17, 15) is 8.42 Å². The number of nitrogen functional groups attached to an aromatic ring is 1. The minimum atomic E-state index is -3.61. The first-order chi connectivity index (χ1) is 9.86. The molecular weight excluding hydrogens is 328 g/mol. The van der Waals surface area contributed by atoms with Crippen LogP contribution in [-0.4, -0.2) is 19.3 Å². The van der Waals surface area contributed by atoms with E-state index in [1.807, 2.05) is 24.4 Å². The lowest BCUT2D eigenvalue weighted by Gasteiger charge is -2.20. The minimum absolute atomic E-state index is 0.133. The Kier molecular flexibility index (Phi) is 4.93. The van der Waals surface area contributed by atoms with Crippen LogP contribution in [0.4, 0.5) is 5.69 Å². The van der Waals surface area contributed by atoms with Gasteiger partial charge in [-0.3, -0.25) is 0 Å². The lowest BCUT2D eigenvalue weighted by molar-refractivity contribution is 0.426. The standard InChI is InChI=1S/C14H17ClN2O2S2/c1-3-17(9-11-5-4-6-20-11)21(18,19)12-7-13(15)10(2)14(16)8-12/h4-8H,3,9,16H2,1-2H3. The first-order valence-electron chi connectivity index (χ1n) is 6.44. The zero-order chi connectivity index (χ0) is 15.6. The fourth-order valence-corrected chi connectivity index (χ4v) is 4.50. The predicted molar refractivity (Wildman–Crippen MR) is 88.2 cm³/mol. The summed E-state index contributed by atoms with van der Waals surface area (Å²) in [5.74, 6) is 0. The molecule has 0 saturated heterocycles. The van der Waals surface area contributed by atoms with Crippen molar-refractivity contribution in [2.75, 3.05) is 12.3 Å². The highest BCUT2D eigenvalue weighted by Crippen LogP contribution is 2.28. The van der Waals surface area contributed by atoms with Crippen molar-refractivity contribution in [1.29, 1.82) is 0 Å². The molecule has 21 heavy (non-hydrogen) atoms. The summed E-state index contributed by atoms with van der Waals surface area (Å²) < 4.78 is 26.9. The predicted octanol–water partition coefficient (Wildman–Crippen LogP) is 3.50. The highest BCUT2D eigenvalue weighted by molar-refractivity contribution is 7.89. The second-order valence-corrected chi connectivity index (χ2v) is 8.01. The summed E-state index contributed by atoms with van der Waals surface area (Å²) >= 11 is 7.58. The molecule has 0 aliphatic rings. The van der Waals surface area contributed by atoms with Gasteiger partial charge in [-0.2, -0.15) is 4.31 Å². The third kappa shape index (κ3) is 3.40. The fraction of sp³-hybridized carbons (Fsp3) is 0.286. The van der Waals surface area contributed by atoms with E-state index in [4.69, 9.17) is 17.3 Å². The molecule has 0 saturated carbocycles.